The summed E-state index contributed by atoms with van der Waals surface area (Å²) in [4.78, 5) is 9.44. The number of aromatic nitrogens is 3. The van der Waals surface area contributed by atoms with Crippen molar-refractivity contribution in [2.75, 3.05) is 5.73 Å². The number of anilines is 1. The zero-order chi connectivity index (χ0) is 19.0. The van der Waals surface area contributed by atoms with Crippen LogP contribution in [0, 0.1) is 5.92 Å². The molecular formula is C22H25N5. The van der Waals surface area contributed by atoms with Crippen LogP contribution in [-0.4, -0.2) is 14.5 Å². The lowest BCUT2D eigenvalue weighted by Crippen LogP contribution is -2.08. The van der Waals surface area contributed by atoms with E-state index < -0.39 is 0 Å². The molecule has 138 valence electrons. The number of imidazole rings is 1. The zero-order valence-corrected chi connectivity index (χ0v) is 15.8. The van der Waals surface area contributed by atoms with Crippen molar-refractivity contribution in [1.29, 1.82) is 0 Å². The molecule has 27 heavy (non-hydrogen) atoms. The summed E-state index contributed by atoms with van der Waals surface area (Å²) >= 11 is 0. The Morgan fingerprint density at radius 2 is 1.67 bits per heavy atom. The van der Waals surface area contributed by atoms with Gasteiger partial charge in [0, 0.05) is 24.9 Å². The first-order valence-electron chi connectivity index (χ1n) is 9.38. The van der Waals surface area contributed by atoms with Crippen molar-refractivity contribution in [2.45, 2.75) is 33.4 Å². The lowest BCUT2D eigenvalue weighted by Gasteiger charge is -2.12. The highest BCUT2D eigenvalue weighted by atomic mass is 15.1. The van der Waals surface area contributed by atoms with Crippen LogP contribution in [0.2, 0.25) is 0 Å². The third-order valence-corrected chi connectivity index (χ3v) is 4.88. The van der Waals surface area contributed by atoms with E-state index in [1.165, 1.54) is 5.56 Å². The summed E-state index contributed by atoms with van der Waals surface area (Å²) in [7, 11) is 0. The van der Waals surface area contributed by atoms with Crippen LogP contribution in [0.5, 0.6) is 0 Å². The smallest absolute Gasteiger partial charge is 0.152 e. The summed E-state index contributed by atoms with van der Waals surface area (Å²) in [6, 6.07) is 16.6. The third kappa shape index (κ3) is 3.26. The second-order valence-corrected chi connectivity index (χ2v) is 7.44. The van der Waals surface area contributed by atoms with Gasteiger partial charge in [-0.15, -0.1) is 0 Å². The molecule has 0 amide bonds. The molecule has 0 atom stereocenters. The van der Waals surface area contributed by atoms with E-state index >= 15 is 0 Å². The van der Waals surface area contributed by atoms with E-state index in [4.69, 9.17) is 16.5 Å². The number of rotatable bonds is 5. The highest BCUT2D eigenvalue weighted by Crippen LogP contribution is 2.30. The molecule has 0 saturated heterocycles. The van der Waals surface area contributed by atoms with Gasteiger partial charge in [0.2, 0.25) is 0 Å². The second kappa shape index (κ2) is 7.00. The van der Waals surface area contributed by atoms with Gasteiger partial charge in [0.15, 0.2) is 5.82 Å². The molecule has 0 spiro atoms. The fourth-order valence-corrected chi connectivity index (χ4v) is 3.56. The summed E-state index contributed by atoms with van der Waals surface area (Å²) in [6.07, 6.45) is 0.892. The number of nitrogens with two attached hydrogens (primary N) is 2. The Kier molecular flexibility index (Phi) is 4.54. The number of benzene rings is 2. The van der Waals surface area contributed by atoms with Crippen molar-refractivity contribution >= 4 is 27.8 Å². The fraction of sp³-hybridized carbons (Fsp3) is 0.273. The van der Waals surface area contributed by atoms with Gasteiger partial charge < -0.3 is 16.0 Å². The molecule has 4 rings (SSSR count). The maximum atomic E-state index is 6.27. The highest BCUT2D eigenvalue weighted by Gasteiger charge is 2.18. The van der Waals surface area contributed by atoms with Gasteiger partial charge in [0.25, 0.3) is 0 Å². The van der Waals surface area contributed by atoms with E-state index in [0.717, 1.165) is 46.3 Å². The first-order valence-corrected chi connectivity index (χ1v) is 9.38. The van der Waals surface area contributed by atoms with E-state index in [9.17, 15) is 0 Å². The standard InChI is InChI=1S/C22H25N5/c1-14(2)11-19-26-20-21(17-5-3-4-6-18(17)25-22(20)24)27(19)13-16-9-7-15(12-23)8-10-16/h3-10,14H,11-13,23H2,1-2H3,(H2,24,25). The zero-order valence-electron chi connectivity index (χ0n) is 15.8. The minimum atomic E-state index is 0.492. The number of hydrogen-bond donors (Lipinski definition) is 2. The summed E-state index contributed by atoms with van der Waals surface area (Å²) in [5.41, 5.74) is 17.1. The molecule has 2 aromatic heterocycles. The molecular weight excluding hydrogens is 334 g/mol. The highest BCUT2D eigenvalue weighted by molar-refractivity contribution is 6.06. The summed E-state index contributed by atoms with van der Waals surface area (Å²) in [5, 5.41) is 1.09. The molecule has 0 aliphatic rings. The Balaban J connectivity index is 1.94. The van der Waals surface area contributed by atoms with Crippen LogP contribution in [0.4, 0.5) is 5.82 Å². The normalized spacial score (nSPS) is 11.7. The van der Waals surface area contributed by atoms with Crippen molar-refractivity contribution in [3.63, 3.8) is 0 Å². The molecule has 0 fully saturated rings. The predicted octanol–water partition coefficient (Wildman–Crippen LogP) is 3.87. The SMILES string of the molecule is CC(C)Cc1nc2c(N)nc3ccccc3c2n1Cc1ccc(CN)cc1. The van der Waals surface area contributed by atoms with Crippen LogP contribution in [0.15, 0.2) is 48.5 Å². The van der Waals surface area contributed by atoms with Gasteiger partial charge in [-0.05, 0) is 23.1 Å². The topological polar surface area (TPSA) is 82.8 Å². The third-order valence-electron chi connectivity index (χ3n) is 4.88. The van der Waals surface area contributed by atoms with E-state index in [-0.39, 0.29) is 0 Å². The summed E-state index contributed by atoms with van der Waals surface area (Å²) in [5.74, 6) is 2.04. The number of pyridine rings is 1. The van der Waals surface area contributed by atoms with Gasteiger partial charge in [-0.3, -0.25) is 0 Å². The first-order chi connectivity index (χ1) is 13.1. The average Bonchev–Trinajstić information content (AvgIpc) is 3.01. The minimum absolute atomic E-state index is 0.492. The van der Waals surface area contributed by atoms with Gasteiger partial charge in [-0.2, -0.15) is 0 Å². The maximum absolute atomic E-state index is 6.27. The second-order valence-electron chi connectivity index (χ2n) is 7.44. The van der Waals surface area contributed by atoms with E-state index in [0.29, 0.717) is 18.3 Å². The molecule has 5 heteroatoms. The average molecular weight is 359 g/mol. The molecule has 5 nitrogen and oxygen atoms in total. The van der Waals surface area contributed by atoms with Crippen molar-refractivity contribution in [1.82, 2.24) is 14.5 Å². The van der Waals surface area contributed by atoms with Crippen molar-refractivity contribution in [3.05, 3.63) is 65.5 Å². The Morgan fingerprint density at radius 1 is 0.963 bits per heavy atom. The number of nitrogen functional groups attached to an aromatic ring is 1. The number of fused-ring (bicyclic) bond motifs is 3. The van der Waals surface area contributed by atoms with Crippen LogP contribution in [0.1, 0.15) is 30.8 Å². The molecule has 0 unspecified atom stereocenters. The Bertz CT molecular complexity index is 1090. The lowest BCUT2D eigenvalue weighted by atomic mass is 10.1. The van der Waals surface area contributed by atoms with Crippen molar-refractivity contribution in [2.24, 2.45) is 11.7 Å². The Labute approximate surface area is 159 Å². The Hall–Kier alpha value is -2.92. The quantitative estimate of drug-likeness (QED) is 0.566. The molecule has 0 aliphatic heterocycles. The van der Waals surface area contributed by atoms with E-state index in [1.807, 2.05) is 18.2 Å². The van der Waals surface area contributed by atoms with Crippen LogP contribution < -0.4 is 11.5 Å². The maximum Gasteiger partial charge on any atom is 0.152 e. The monoisotopic (exact) mass is 359 g/mol. The molecule has 2 heterocycles. The Morgan fingerprint density at radius 3 is 2.37 bits per heavy atom. The van der Waals surface area contributed by atoms with Gasteiger partial charge >= 0.3 is 0 Å². The summed E-state index contributed by atoms with van der Waals surface area (Å²) in [6.45, 7) is 5.72. The lowest BCUT2D eigenvalue weighted by molar-refractivity contribution is 0.595. The van der Waals surface area contributed by atoms with Crippen LogP contribution in [-0.2, 0) is 19.5 Å². The predicted molar refractivity (Wildman–Crippen MR) is 111 cm³/mol. The minimum Gasteiger partial charge on any atom is -0.382 e. The molecule has 2 aromatic carbocycles. The number of para-hydroxylation sites is 1. The van der Waals surface area contributed by atoms with Crippen LogP contribution in [0.3, 0.4) is 0 Å². The number of nitrogens with zero attached hydrogens (tertiary/aromatic N) is 3. The summed E-state index contributed by atoms with van der Waals surface area (Å²) < 4.78 is 2.30. The molecule has 0 bridgehead atoms. The van der Waals surface area contributed by atoms with Gasteiger partial charge in [-0.1, -0.05) is 56.3 Å². The molecule has 4 N–H and O–H groups in total. The largest absolute Gasteiger partial charge is 0.382 e. The van der Waals surface area contributed by atoms with Gasteiger partial charge in [-0.25, -0.2) is 9.97 Å². The van der Waals surface area contributed by atoms with Crippen molar-refractivity contribution < 1.29 is 0 Å². The molecule has 0 aliphatic carbocycles. The van der Waals surface area contributed by atoms with Gasteiger partial charge in [0.05, 0.1) is 11.0 Å². The van der Waals surface area contributed by atoms with E-state index in [2.05, 4.69) is 53.7 Å². The van der Waals surface area contributed by atoms with Crippen LogP contribution >= 0.6 is 0 Å². The van der Waals surface area contributed by atoms with E-state index in [1.54, 1.807) is 0 Å². The molecule has 4 aromatic rings. The fourth-order valence-electron chi connectivity index (χ4n) is 3.56. The number of hydrogen-bond acceptors (Lipinski definition) is 4. The van der Waals surface area contributed by atoms with Gasteiger partial charge in [0.1, 0.15) is 11.3 Å². The molecule has 0 saturated carbocycles. The first kappa shape index (κ1) is 17.5. The van der Waals surface area contributed by atoms with Crippen LogP contribution in [0.25, 0.3) is 21.9 Å². The molecule has 0 radical (unpaired) electrons. The van der Waals surface area contributed by atoms with Crippen molar-refractivity contribution in [3.8, 4) is 0 Å².